The Morgan fingerprint density at radius 2 is 1.60 bits per heavy atom. The minimum absolute atomic E-state index is 0.290. The number of aromatic amines is 1. The van der Waals surface area contributed by atoms with E-state index in [9.17, 15) is 9.59 Å². The summed E-state index contributed by atoms with van der Waals surface area (Å²) >= 11 is 12.5. The third-order valence-corrected chi connectivity index (χ3v) is 7.52. The number of hydrogen-bond donors (Lipinski definition) is 1. The number of carbonyl (C=O) groups is 1. The molecular formula is C32H23Cl2N3O3. The number of benzene rings is 4. The summed E-state index contributed by atoms with van der Waals surface area (Å²) < 4.78 is 5.33. The molecule has 0 spiro atoms. The van der Waals surface area contributed by atoms with Gasteiger partial charge in [-0.05, 0) is 65.7 Å². The molecule has 0 radical (unpaired) electrons. The Balaban J connectivity index is 1.55. The summed E-state index contributed by atoms with van der Waals surface area (Å²) in [6.45, 7) is 0. The van der Waals surface area contributed by atoms with Crippen molar-refractivity contribution < 1.29 is 9.53 Å². The van der Waals surface area contributed by atoms with Crippen molar-refractivity contribution in [3.63, 3.8) is 0 Å². The summed E-state index contributed by atoms with van der Waals surface area (Å²) in [7, 11) is 1.60. The van der Waals surface area contributed by atoms with Crippen molar-refractivity contribution >= 4 is 45.7 Å². The predicted molar refractivity (Wildman–Crippen MR) is 160 cm³/mol. The minimum atomic E-state index is -0.442. The molecule has 1 aliphatic rings. The molecule has 1 unspecified atom stereocenters. The van der Waals surface area contributed by atoms with Gasteiger partial charge in [-0.25, -0.2) is 5.01 Å². The number of methoxy groups -OCH3 is 1. The van der Waals surface area contributed by atoms with Crippen LogP contribution in [0.5, 0.6) is 5.75 Å². The molecule has 0 saturated carbocycles. The van der Waals surface area contributed by atoms with Crippen LogP contribution < -0.4 is 10.3 Å². The fourth-order valence-electron chi connectivity index (χ4n) is 5.10. The number of hydrogen-bond acceptors (Lipinski definition) is 4. The normalized spacial score (nSPS) is 14.8. The highest BCUT2D eigenvalue weighted by Crippen LogP contribution is 2.38. The molecule has 0 aliphatic carbocycles. The Bertz CT molecular complexity index is 1820. The molecule has 1 N–H and O–H groups in total. The average Bonchev–Trinajstić information content (AvgIpc) is 3.42. The fourth-order valence-corrected chi connectivity index (χ4v) is 5.40. The zero-order valence-corrected chi connectivity index (χ0v) is 22.9. The first kappa shape index (κ1) is 25.9. The van der Waals surface area contributed by atoms with Gasteiger partial charge in [0.05, 0.1) is 24.4 Å². The van der Waals surface area contributed by atoms with Crippen molar-refractivity contribution in [2.24, 2.45) is 5.10 Å². The predicted octanol–water partition coefficient (Wildman–Crippen LogP) is 7.50. The number of pyridine rings is 1. The van der Waals surface area contributed by atoms with Crippen LogP contribution in [0.3, 0.4) is 0 Å². The van der Waals surface area contributed by atoms with Gasteiger partial charge in [0.2, 0.25) is 0 Å². The number of hydrazone groups is 1. The van der Waals surface area contributed by atoms with E-state index in [-0.39, 0.29) is 11.5 Å². The van der Waals surface area contributed by atoms with Gasteiger partial charge >= 0.3 is 0 Å². The molecule has 5 aromatic rings. The van der Waals surface area contributed by atoms with Gasteiger partial charge in [0.25, 0.3) is 11.5 Å². The van der Waals surface area contributed by atoms with Crippen LogP contribution in [0.15, 0.2) is 107 Å². The summed E-state index contributed by atoms with van der Waals surface area (Å²) in [5, 5.41) is 8.14. The zero-order chi connectivity index (χ0) is 27.8. The Labute approximate surface area is 240 Å². The van der Waals surface area contributed by atoms with E-state index < -0.39 is 6.04 Å². The van der Waals surface area contributed by atoms with Crippen LogP contribution in [0, 0.1) is 0 Å². The SMILES string of the molecule is COc1ccc(C2CC(c3c(-c4ccccc4)c4cc(Cl)ccc4[nH]c3=O)=NN2C(=O)c2ccc(Cl)cc2)cc1. The molecule has 1 amide bonds. The van der Waals surface area contributed by atoms with E-state index in [0.29, 0.717) is 44.6 Å². The number of rotatable bonds is 5. The molecule has 6 rings (SSSR count). The first-order valence-corrected chi connectivity index (χ1v) is 13.4. The second-order valence-corrected chi connectivity index (χ2v) is 10.3. The van der Waals surface area contributed by atoms with Crippen molar-refractivity contribution in [1.29, 1.82) is 0 Å². The van der Waals surface area contributed by atoms with Crippen molar-refractivity contribution in [2.45, 2.75) is 12.5 Å². The van der Waals surface area contributed by atoms with E-state index in [1.165, 1.54) is 5.01 Å². The molecule has 1 aromatic heterocycles. The second-order valence-electron chi connectivity index (χ2n) is 9.46. The van der Waals surface area contributed by atoms with E-state index in [2.05, 4.69) is 4.98 Å². The number of ether oxygens (including phenoxy) is 1. The molecule has 198 valence electrons. The Morgan fingerprint density at radius 3 is 2.30 bits per heavy atom. The van der Waals surface area contributed by atoms with E-state index in [1.54, 1.807) is 43.5 Å². The number of aromatic nitrogens is 1. The molecular weight excluding hydrogens is 545 g/mol. The molecule has 4 aromatic carbocycles. The van der Waals surface area contributed by atoms with Gasteiger partial charge in [0.15, 0.2) is 0 Å². The Morgan fingerprint density at radius 1 is 0.900 bits per heavy atom. The van der Waals surface area contributed by atoms with Crippen LogP contribution in [-0.2, 0) is 0 Å². The third-order valence-electron chi connectivity index (χ3n) is 7.04. The number of H-pyrrole nitrogens is 1. The first-order chi connectivity index (χ1) is 19.4. The number of nitrogens with zero attached hydrogens (tertiary/aromatic N) is 2. The summed E-state index contributed by atoms with van der Waals surface area (Å²) in [4.78, 5) is 30.5. The molecule has 8 heteroatoms. The van der Waals surface area contributed by atoms with Crippen molar-refractivity contribution in [2.75, 3.05) is 7.11 Å². The second kappa shape index (κ2) is 10.6. The third kappa shape index (κ3) is 4.76. The van der Waals surface area contributed by atoms with Crippen LogP contribution in [0.2, 0.25) is 10.0 Å². The lowest BCUT2D eigenvalue weighted by molar-refractivity contribution is 0.0711. The number of halogens is 2. The fraction of sp³-hybridized carbons (Fsp3) is 0.0938. The summed E-state index contributed by atoms with van der Waals surface area (Å²) in [6, 6.07) is 28.8. The van der Waals surface area contributed by atoms with Crippen LogP contribution in [0.4, 0.5) is 0 Å². The summed E-state index contributed by atoms with van der Waals surface area (Å²) in [5.74, 6) is 0.404. The van der Waals surface area contributed by atoms with Crippen LogP contribution in [0.1, 0.15) is 33.9 Å². The van der Waals surface area contributed by atoms with Crippen LogP contribution in [0.25, 0.3) is 22.0 Å². The lowest BCUT2D eigenvalue weighted by Gasteiger charge is -2.22. The van der Waals surface area contributed by atoms with Crippen molar-refractivity contribution in [1.82, 2.24) is 9.99 Å². The van der Waals surface area contributed by atoms with Gasteiger partial charge in [-0.1, -0.05) is 65.7 Å². The number of fused-ring (bicyclic) bond motifs is 1. The largest absolute Gasteiger partial charge is 0.497 e. The molecule has 40 heavy (non-hydrogen) atoms. The molecule has 0 bridgehead atoms. The molecule has 2 heterocycles. The Hall–Kier alpha value is -4.39. The van der Waals surface area contributed by atoms with Gasteiger partial charge < -0.3 is 9.72 Å². The van der Waals surface area contributed by atoms with Crippen molar-refractivity contribution in [3.05, 3.63) is 134 Å². The molecule has 1 aliphatic heterocycles. The maximum Gasteiger partial charge on any atom is 0.274 e. The lowest BCUT2D eigenvalue weighted by Crippen LogP contribution is -2.27. The van der Waals surface area contributed by atoms with Crippen molar-refractivity contribution in [3.8, 4) is 16.9 Å². The lowest BCUT2D eigenvalue weighted by atomic mass is 9.91. The zero-order valence-electron chi connectivity index (χ0n) is 21.4. The summed E-state index contributed by atoms with van der Waals surface area (Å²) in [5.41, 5.74) is 4.16. The van der Waals surface area contributed by atoms with E-state index in [4.69, 9.17) is 33.0 Å². The topological polar surface area (TPSA) is 74.8 Å². The van der Waals surface area contributed by atoms with Crippen LogP contribution in [-0.4, -0.2) is 28.7 Å². The van der Waals surface area contributed by atoms with Gasteiger partial charge in [-0.3, -0.25) is 9.59 Å². The minimum Gasteiger partial charge on any atom is -0.497 e. The quantitative estimate of drug-likeness (QED) is 0.239. The average molecular weight is 568 g/mol. The number of nitrogens with one attached hydrogen (secondary N) is 1. The standard InChI is InChI=1S/C32H23Cl2N3O3/c1-40-24-14-9-19(10-15-24)28-18-27(36-37(28)32(39)21-7-11-22(33)12-8-21)30-29(20-5-3-2-4-6-20)25-17-23(34)13-16-26(25)35-31(30)38/h2-17,28H,18H2,1H3,(H,35,38). The summed E-state index contributed by atoms with van der Waals surface area (Å²) in [6.07, 6.45) is 0.334. The first-order valence-electron chi connectivity index (χ1n) is 12.6. The van der Waals surface area contributed by atoms with E-state index in [1.807, 2.05) is 60.7 Å². The molecule has 1 atom stereocenters. The maximum atomic E-state index is 13.8. The Kier molecular flexibility index (Phi) is 6.88. The highest BCUT2D eigenvalue weighted by molar-refractivity contribution is 6.31. The number of carbonyl (C=O) groups excluding carboxylic acids is 1. The number of amides is 1. The highest BCUT2D eigenvalue weighted by Gasteiger charge is 2.36. The highest BCUT2D eigenvalue weighted by atomic mass is 35.5. The van der Waals surface area contributed by atoms with E-state index in [0.717, 1.165) is 22.1 Å². The maximum absolute atomic E-state index is 13.8. The van der Waals surface area contributed by atoms with Gasteiger partial charge in [0.1, 0.15) is 5.75 Å². The smallest absolute Gasteiger partial charge is 0.274 e. The van der Waals surface area contributed by atoms with E-state index >= 15 is 0 Å². The molecule has 0 fully saturated rings. The van der Waals surface area contributed by atoms with Gasteiger partial charge in [-0.2, -0.15) is 5.10 Å². The monoisotopic (exact) mass is 567 g/mol. The van der Waals surface area contributed by atoms with Crippen LogP contribution >= 0.6 is 23.2 Å². The molecule has 0 saturated heterocycles. The van der Waals surface area contributed by atoms with Gasteiger partial charge in [-0.15, -0.1) is 0 Å². The molecule has 6 nitrogen and oxygen atoms in total. The van der Waals surface area contributed by atoms with Gasteiger partial charge in [0, 0.05) is 38.5 Å².